The summed E-state index contributed by atoms with van der Waals surface area (Å²) in [6.07, 6.45) is 0. The van der Waals surface area contributed by atoms with Gasteiger partial charge in [0.1, 0.15) is 5.75 Å². The number of hydrogen-bond acceptors (Lipinski definition) is 6. The van der Waals surface area contributed by atoms with E-state index in [4.69, 9.17) is 0 Å². The van der Waals surface area contributed by atoms with Gasteiger partial charge < -0.3 is 10.4 Å². The van der Waals surface area contributed by atoms with Gasteiger partial charge in [0.15, 0.2) is 5.82 Å². The quantitative estimate of drug-likeness (QED) is 0.552. The third-order valence-electron chi connectivity index (χ3n) is 3.40. The zero-order valence-electron chi connectivity index (χ0n) is 11.7. The molecule has 4 aromatic rings. The van der Waals surface area contributed by atoms with Crippen LogP contribution in [0, 0.1) is 6.92 Å². The normalized spacial score (nSPS) is 11.1. The second kappa shape index (κ2) is 4.66. The Balaban J connectivity index is 1.90. The number of anilines is 2. The van der Waals surface area contributed by atoms with Crippen molar-refractivity contribution < 1.29 is 5.11 Å². The molecule has 2 aromatic carbocycles. The Hall–Kier alpha value is -3.22. The van der Waals surface area contributed by atoms with Crippen LogP contribution in [0.2, 0.25) is 0 Å². The number of phenolic OH excluding ortho intramolecular Hbond substituents is 1. The van der Waals surface area contributed by atoms with E-state index in [-0.39, 0.29) is 5.75 Å². The summed E-state index contributed by atoms with van der Waals surface area (Å²) >= 11 is 0. The molecule has 0 spiro atoms. The molecule has 7 nitrogen and oxygen atoms in total. The minimum Gasteiger partial charge on any atom is -0.508 e. The Labute approximate surface area is 125 Å². The van der Waals surface area contributed by atoms with E-state index < -0.39 is 0 Å². The largest absolute Gasteiger partial charge is 0.508 e. The lowest BCUT2D eigenvalue weighted by Gasteiger charge is -2.08. The molecule has 0 bridgehead atoms. The van der Waals surface area contributed by atoms with Crippen molar-refractivity contribution in [2.45, 2.75) is 6.92 Å². The Morgan fingerprint density at radius 2 is 1.91 bits per heavy atom. The molecule has 0 amide bonds. The Bertz CT molecular complexity index is 977. The van der Waals surface area contributed by atoms with E-state index in [1.54, 1.807) is 28.8 Å². The van der Waals surface area contributed by atoms with Gasteiger partial charge in [0, 0.05) is 5.69 Å². The molecular formula is C15H12N6O. The first-order valence-electron chi connectivity index (χ1n) is 6.75. The SMILES string of the molecule is Cc1ccc2nc(Nc3ccc(O)cc3)c3nnnn3c2c1. The van der Waals surface area contributed by atoms with Crippen LogP contribution in [0.15, 0.2) is 42.5 Å². The van der Waals surface area contributed by atoms with Gasteiger partial charge in [-0.15, -0.1) is 5.10 Å². The molecular weight excluding hydrogens is 280 g/mol. The van der Waals surface area contributed by atoms with E-state index in [9.17, 15) is 5.11 Å². The third kappa shape index (κ3) is 1.99. The number of phenols is 1. The molecule has 22 heavy (non-hydrogen) atoms. The van der Waals surface area contributed by atoms with Crippen molar-refractivity contribution in [1.29, 1.82) is 0 Å². The fourth-order valence-corrected chi connectivity index (χ4v) is 2.33. The number of aromatic hydroxyl groups is 1. The van der Waals surface area contributed by atoms with Crippen molar-refractivity contribution in [3.63, 3.8) is 0 Å². The first kappa shape index (κ1) is 12.5. The molecule has 0 atom stereocenters. The van der Waals surface area contributed by atoms with Crippen LogP contribution >= 0.6 is 0 Å². The molecule has 0 saturated heterocycles. The summed E-state index contributed by atoms with van der Waals surface area (Å²) in [5.41, 5.74) is 4.11. The van der Waals surface area contributed by atoms with Crippen molar-refractivity contribution in [1.82, 2.24) is 25.0 Å². The molecule has 7 heteroatoms. The molecule has 108 valence electrons. The molecule has 2 N–H and O–H groups in total. The van der Waals surface area contributed by atoms with E-state index in [0.29, 0.717) is 11.5 Å². The topological polar surface area (TPSA) is 88.2 Å². The number of benzene rings is 2. The van der Waals surface area contributed by atoms with Gasteiger partial charge in [0.05, 0.1) is 11.0 Å². The third-order valence-corrected chi connectivity index (χ3v) is 3.40. The van der Waals surface area contributed by atoms with Gasteiger partial charge in [-0.1, -0.05) is 6.07 Å². The lowest BCUT2D eigenvalue weighted by molar-refractivity contribution is 0.475. The summed E-state index contributed by atoms with van der Waals surface area (Å²) in [7, 11) is 0. The highest BCUT2D eigenvalue weighted by Gasteiger charge is 2.12. The Morgan fingerprint density at radius 1 is 1.09 bits per heavy atom. The number of aromatic nitrogens is 5. The standard InChI is InChI=1S/C15H12N6O/c1-9-2-7-12-13(8-9)21-15(18-19-20-21)14(17-12)16-10-3-5-11(22)6-4-10/h2-8,22H,1H3,(H,16,17). The monoisotopic (exact) mass is 292 g/mol. The van der Waals surface area contributed by atoms with Crippen molar-refractivity contribution >= 4 is 28.2 Å². The lowest BCUT2D eigenvalue weighted by atomic mass is 10.2. The van der Waals surface area contributed by atoms with Crippen LogP contribution < -0.4 is 5.32 Å². The lowest BCUT2D eigenvalue weighted by Crippen LogP contribution is -2.01. The molecule has 0 aliphatic rings. The first-order valence-corrected chi connectivity index (χ1v) is 6.75. The Morgan fingerprint density at radius 3 is 2.73 bits per heavy atom. The van der Waals surface area contributed by atoms with Gasteiger partial charge >= 0.3 is 0 Å². The van der Waals surface area contributed by atoms with Crippen molar-refractivity contribution in [3.8, 4) is 5.75 Å². The zero-order chi connectivity index (χ0) is 15.1. The van der Waals surface area contributed by atoms with Crippen LogP contribution in [0.1, 0.15) is 5.56 Å². The van der Waals surface area contributed by atoms with Crippen LogP contribution in [0.25, 0.3) is 16.7 Å². The summed E-state index contributed by atoms with van der Waals surface area (Å²) in [5, 5.41) is 24.4. The summed E-state index contributed by atoms with van der Waals surface area (Å²) in [5.74, 6) is 0.772. The maximum absolute atomic E-state index is 9.35. The van der Waals surface area contributed by atoms with Gasteiger partial charge in [-0.05, 0) is 59.3 Å². The van der Waals surface area contributed by atoms with Crippen molar-refractivity contribution in [2.24, 2.45) is 0 Å². The molecule has 0 aliphatic carbocycles. The maximum Gasteiger partial charge on any atom is 0.222 e. The van der Waals surface area contributed by atoms with E-state index in [0.717, 1.165) is 22.3 Å². The van der Waals surface area contributed by atoms with Gasteiger partial charge in [0.25, 0.3) is 0 Å². The van der Waals surface area contributed by atoms with Crippen LogP contribution in [0.3, 0.4) is 0 Å². The van der Waals surface area contributed by atoms with Gasteiger partial charge in [0.2, 0.25) is 5.65 Å². The molecule has 4 rings (SSSR count). The number of tetrazole rings is 1. The van der Waals surface area contributed by atoms with E-state index in [1.165, 1.54) is 0 Å². The van der Waals surface area contributed by atoms with Crippen LogP contribution in [0.4, 0.5) is 11.5 Å². The minimum absolute atomic E-state index is 0.210. The van der Waals surface area contributed by atoms with Crippen molar-refractivity contribution in [3.05, 3.63) is 48.0 Å². The van der Waals surface area contributed by atoms with E-state index in [2.05, 4.69) is 25.8 Å². The molecule has 0 unspecified atom stereocenters. The molecule has 0 fully saturated rings. The number of nitrogens with one attached hydrogen (secondary N) is 1. The average Bonchev–Trinajstić information content (AvgIpc) is 3.00. The number of nitrogens with zero attached hydrogens (tertiary/aromatic N) is 5. The summed E-state index contributed by atoms with van der Waals surface area (Å²) in [6.45, 7) is 2.01. The summed E-state index contributed by atoms with van der Waals surface area (Å²) < 4.78 is 1.66. The molecule has 0 aliphatic heterocycles. The zero-order valence-corrected chi connectivity index (χ0v) is 11.7. The highest BCUT2D eigenvalue weighted by Crippen LogP contribution is 2.24. The first-order chi connectivity index (χ1) is 10.7. The number of rotatable bonds is 2. The molecule has 0 saturated carbocycles. The van der Waals surface area contributed by atoms with E-state index >= 15 is 0 Å². The highest BCUT2D eigenvalue weighted by molar-refractivity contribution is 5.84. The van der Waals surface area contributed by atoms with E-state index in [1.807, 2.05) is 25.1 Å². The molecule has 2 aromatic heterocycles. The summed E-state index contributed by atoms with van der Waals surface area (Å²) in [6, 6.07) is 12.7. The fraction of sp³-hybridized carbons (Fsp3) is 0.0667. The maximum atomic E-state index is 9.35. The minimum atomic E-state index is 0.210. The Kier molecular flexibility index (Phi) is 2.65. The second-order valence-corrected chi connectivity index (χ2v) is 5.04. The van der Waals surface area contributed by atoms with Gasteiger partial charge in [-0.25, -0.2) is 4.98 Å². The van der Waals surface area contributed by atoms with Crippen LogP contribution in [0.5, 0.6) is 5.75 Å². The predicted molar refractivity (Wildman–Crippen MR) is 82.2 cm³/mol. The molecule has 2 heterocycles. The number of fused-ring (bicyclic) bond motifs is 3. The fourth-order valence-electron chi connectivity index (χ4n) is 2.33. The van der Waals surface area contributed by atoms with Gasteiger partial charge in [-0.3, -0.25) is 0 Å². The summed E-state index contributed by atoms with van der Waals surface area (Å²) in [4.78, 5) is 4.60. The molecule has 0 radical (unpaired) electrons. The number of hydrogen-bond donors (Lipinski definition) is 2. The van der Waals surface area contributed by atoms with Gasteiger partial charge in [-0.2, -0.15) is 4.52 Å². The smallest absolute Gasteiger partial charge is 0.222 e. The predicted octanol–water partition coefficient (Wildman–Crippen LogP) is 2.43. The average molecular weight is 292 g/mol. The van der Waals surface area contributed by atoms with Crippen LogP contribution in [-0.2, 0) is 0 Å². The van der Waals surface area contributed by atoms with Crippen molar-refractivity contribution in [2.75, 3.05) is 5.32 Å². The number of aryl methyl sites for hydroxylation is 1. The highest BCUT2D eigenvalue weighted by atomic mass is 16.3. The second-order valence-electron chi connectivity index (χ2n) is 5.04. The van der Waals surface area contributed by atoms with Crippen LogP contribution in [-0.4, -0.2) is 30.1 Å².